The molecule has 0 bridgehead atoms. The van der Waals surface area contributed by atoms with Crippen LogP contribution in [0.5, 0.6) is 0 Å². The Hall–Kier alpha value is -2.36. The van der Waals surface area contributed by atoms with Crippen LogP contribution in [0.2, 0.25) is 5.02 Å². The SMILES string of the molecule is C=CC[C@](NCc1ccc(Cl)cc1)(C(=O)OC)[C@@H](C=C)c1ccccc1. The summed E-state index contributed by atoms with van der Waals surface area (Å²) in [7, 11) is 1.40. The van der Waals surface area contributed by atoms with E-state index in [1.54, 1.807) is 12.2 Å². The first-order valence-electron chi connectivity index (χ1n) is 8.43. The molecule has 0 saturated heterocycles. The van der Waals surface area contributed by atoms with Gasteiger partial charge in [0.15, 0.2) is 0 Å². The number of hydrogen-bond donors (Lipinski definition) is 1. The molecule has 0 fully saturated rings. The molecule has 136 valence electrons. The normalized spacial score (nSPS) is 14.1. The average molecular weight is 370 g/mol. The van der Waals surface area contributed by atoms with Crippen LogP contribution in [-0.4, -0.2) is 18.6 Å². The van der Waals surface area contributed by atoms with Crippen molar-refractivity contribution in [2.45, 2.75) is 24.4 Å². The molecular weight excluding hydrogens is 346 g/mol. The third-order valence-corrected chi connectivity index (χ3v) is 4.71. The highest BCUT2D eigenvalue weighted by molar-refractivity contribution is 6.30. The average Bonchev–Trinajstić information content (AvgIpc) is 2.68. The molecule has 2 rings (SSSR count). The third kappa shape index (κ3) is 4.43. The molecule has 1 N–H and O–H groups in total. The van der Waals surface area contributed by atoms with E-state index in [9.17, 15) is 4.79 Å². The minimum absolute atomic E-state index is 0.276. The maximum atomic E-state index is 12.9. The van der Waals surface area contributed by atoms with E-state index in [0.29, 0.717) is 18.0 Å². The number of hydrogen-bond acceptors (Lipinski definition) is 3. The first-order valence-corrected chi connectivity index (χ1v) is 8.81. The van der Waals surface area contributed by atoms with Gasteiger partial charge in [0.2, 0.25) is 0 Å². The lowest BCUT2D eigenvalue weighted by Gasteiger charge is -2.37. The number of carbonyl (C=O) groups is 1. The molecule has 2 atom stereocenters. The van der Waals surface area contributed by atoms with Gasteiger partial charge in [-0.2, -0.15) is 0 Å². The highest BCUT2D eigenvalue weighted by Gasteiger charge is 2.45. The number of methoxy groups -OCH3 is 1. The molecule has 26 heavy (non-hydrogen) atoms. The van der Waals surface area contributed by atoms with E-state index in [-0.39, 0.29) is 11.9 Å². The highest BCUT2D eigenvalue weighted by Crippen LogP contribution is 2.34. The fraction of sp³-hybridized carbons (Fsp3) is 0.227. The fourth-order valence-electron chi connectivity index (χ4n) is 3.15. The van der Waals surface area contributed by atoms with Crippen molar-refractivity contribution in [2.24, 2.45) is 0 Å². The molecule has 0 amide bonds. The minimum Gasteiger partial charge on any atom is -0.468 e. The van der Waals surface area contributed by atoms with Gasteiger partial charge in [0.1, 0.15) is 5.54 Å². The van der Waals surface area contributed by atoms with Crippen LogP contribution in [-0.2, 0) is 16.1 Å². The summed E-state index contributed by atoms with van der Waals surface area (Å²) in [5.41, 5.74) is 1.00. The second kappa shape index (κ2) is 9.37. The molecule has 2 aromatic rings. The molecule has 4 heteroatoms. The van der Waals surface area contributed by atoms with Crippen molar-refractivity contribution in [2.75, 3.05) is 7.11 Å². The van der Waals surface area contributed by atoms with E-state index in [0.717, 1.165) is 11.1 Å². The zero-order chi connectivity index (χ0) is 19.0. The summed E-state index contributed by atoms with van der Waals surface area (Å²) >= 11 is 5.96. The summed E-state index contributed by atoms with van der Waals surface area (Å²) in [6.45, 7) is 8.29. The van der Waals surface area contributed by atoms with Crippen LogP contribution in [0.25, 0.3) is 0 Å². The van der Waals surface area contributed by atoms with Gasteiger partial charge in [0, 0.05) is 17.5 Å². The van der Waals surface area contributed by atoms with E-state index in [1.165, 1.54) is 7.11 Å². The van der Waals surface area contributed by atoms with Gasteiger partial charge in [0.05, 0.1) is 7.11 Å². The number of halogens is 1. The van der Waals surface area contributed by atoms with Crippen molar-refractivity contribution in [3.8, 4) is 0 Å². The molecule has 0 aromatic heterocycles. The van der Waals surface area contributed by atoms with Crippen LogP contribution in [0, 0.1) is 0 Å². The first-order chi connectivity index (χ1) is 12.6. The number of carbonyl (C=O) groups excluding carboxylic acids is 1. The summed E-state index contributed by atoms with van der Waals surface area (Å²) in [5.74, 6) is -0.624. The van der Waals surface area contributed by atoms with Gasteiger partial charge >= 0.3 is 5.97 Å². The van der Waals surface area contributed by atoms with Crippen LogP contribution < -0.4 is 5.32 Å². The zero-order valence-electron chi connectivity index (χ0n) is 15.0. The van der Waals surface area contributed by atoms with Crippen molar-refractivity contribution >= 4 is 17.6 Å². The van der Waals surface area contributed by atoms with Gasteiger partial charge in [-0.3, -0.25) is 10.1 Å². The highest BCUT2D eigenvalue weighted by atomic mass is 35.5. The number of rotatable bonds is 9. The summed E-state index contributed by atoms with van der Waals surface area (Å²) in [6.07, 6.45) is 3.91. The van der Waals surface area contributed by atoms with E-state index in [4.69, 9.17) is 16.3 Å². The van der Waals surface area contributed by atoms with Crippen LogP contribution in [0.1, 0.15) is 23.5 Å². The lowest BCUT2D eigenvalue weighted by molar-refractivity contribution is -0.149. The van der Waals surface area contributed by atoms with Crippen molar-refractivity contribution in [3.63, 3.8) is 0 Å². The Labute approximate surface area is 160 Å². The molecule has 2 aromatic carbocycles. The summed E-state index contributed by atoms with van der Waals surface area (Å²) in [4.78, 5) is 12.9. The number of esters is 1. The van der Waals surface area contributed by atoms with E-state index in [2.05, 4.69) is 18.5 Å². The topological polar surface area (TPSA) is 38.3 Å². The summed E-state index contributed by atoms with van der Waals surface area (Å²) in [6, 6.07) is 17.3. The second-order valence-corrected chi connectivity index (χ2v) is 6.50. The molecule has 0 heterocycles. The standard InChI is InChI=1S/C22H24ClNO2/c1-4-15-22(21(25)26-3,20(5-2)18-9-7-6-8-10-18)24-16-17-11-13-19(23)14-12-17/h4-14,20,24H,1-2,15-16H2,3H3/t20-,22+/m0/s1. The minimum atomic E-state index is -1.00. The Balaban J connectivity index is 2.42. The predicted molar refractivity (Wildman–Crippen MR) is 107 cm³/mol. The molecule has 0 aliphatic heterocycles. The maximum Gasteiger partial charge on any atom is 0.327 e. The zero-order valence-corrected chi connectivity index (χ0v) is 15.7. The Morgan fingerprint density at radius 2 is 1.85 bits per heavy atom. The van der Waals surface area contributed by atoms with Gasteiger partial charge in [-0.05, 0) is 29.7 Å². The molecule has 0 spiro atoms. The number of ether oxygens (including phenoxy) is 1. The molecule has 3 nitrogen and oxygen atoms in total. The van der Waals surface area contributed by atoms with Crippen molar-refractivity contribution in [1.82, 2.24) is 5.32 Å². The summed E-state index contributed by atoms with van der Waals surface area (Å²) < 4.78 is 5.16. The second-order valence-electron chi connectivity index (χ2n) is 6.06. The van der Waals surface area contributed by atoms with Crippen LogP contribution in [0.4, 0.5) is 0 Å². The molecule has 0 aliphatic carbocycles. The Morgan fingerprint density at radius 1 is 1.19 bits per heavy atom. The monoisotopic (exact) mass is 369 g/mol. The van der Waals surface area contributed by atoms with Gasteiger partial charge in [0.25, 0.3) is 0 Å². The van der Waals surface area contributed by atoms with Crippen molar-refractivity contribution < 1.29 is 9.53 Å². The van der Waals surface area contributed by atoms with Crippen molar-refractivity contribution in [1.29, 1.82) is 0 Å². The van der Waals surface area contributed by atoms with Crippen molar-refractivity contribution in [3.05, 3.63) is 96.1 Å². The molecule has 0 saturated carbocycles. The Morgan fingerprint density at radius 3 is 2.38 bits per heavy atom. The fourth-order valence-corrected chi connectivity index (χ4v) is 3.27. The lowest BCUT2D eigenvalue weighted by atomic mass is 9.76. The number of benzene rings is 2. The quantitative estimate of drug-likeness (QED) is 0.505. The third-order valence-electron chi connectivity index (χ3n) is 4.46. The van der Waals surface area contributed by atoms with Gasteiger partial charge in [-0.1, -0.05) is 66.2 Å². The maximum absolute atomic E-state index is 12.9. The summed E-state index contributed by atoms with van der Waals surface area (Å²) in [5, 5.41) is 4.08. The lowest BCUT2D eigenvalue weighted by Crippen LogP contribution is -2.56. The van der Waals surface area contributed by atoms with Gasteiger partial charge in [-0.15, -0.1) is 13.2 Å². The van der Waals surface area contributed by atoms with E-state index < -0.39 is 5.54 Å². The van der Waals surface area contributed by atoms with Gasteiger partial charge < -0.3 is 4.74 Å². The molecule has 0 radical (unpaired) electrons. The smallest absolute Gasteiger partial charge is 0.327 e. The largest absolute Gasteiger partial charge is 0.468 e. The Bertz CT molecular complexity index is 742. The number of nitrogens with one attached hydrogen (secondary N) is 1. The predicted octanol–water partition coefficient (Wildman–Crippen LogP) is 4.89. The molecular formula is C22H24ClNO2. The van der Waals surface area contributed by atoms with Crippen LogP contribution in [0.3, 0.4) is 0 Å². The van der Waals surface area contributed by atoms with Crippen LogP contribution in [0.15, 0.2) is 79.9 Å². The van der Waals surface area contributed by atoms with Crippen LogP contribution >= 0.6 is 11.6 Å². The van der Waals surface area contributed by atoms with E-state index in [1.807, 2.05) is 54.6 Å². The molecule has 0 unspecified atom stereocenters. The van der Waals surface area contributed by atoms with E-state index >= 15 is 0 Å². The first kappa shape index (κ1) is 20.0. The Kier molecular flexibility index (Phi) is 7.19. The van der Waals surface area contributed by atoms with Gasteiger partial charge in [-0.25, -0.2) is 0 Å². The molecule has 0 aliphatic rings.